The molecule has 0 amide bonds. The number of aliphatic hydroxyl groups is 12. The summed E-state index contributed by atoms with van der Waals surface area (Å²) in [6.45, 7) is -5.52. The molecule has 0 bridgehead atoms. The minimum Gasteiger partial charge on any atom is -0.394 e. The normalized spacial score (nSPS) is 43.9. The van der Waals surface area contributed by atoms with Crippen LogP contribution >= 0.6 is 0 Å². The highest BCUT2D eigenvalue weighted by Gasteiger charge is 2.55. The molecule has 6 rings (SSSR count). The van der Waals surface area contributed by atoms with Crippen molar-refractivity contribution in [3.63, 3.8) is 0 Å². The fraction of sp³-hybridized carbons (Fsp3) is 1.00. The van der Waals surface area contributed by atoms with Gasteiger partial charge in [0.15, 0.2) is 31.5 Å². The van der Waals surface area contributed by atoms with E-state index in [1.165, 1.54) is 13.8 Å². The van der Waals surface area contributed by atoms with Crippen LogP contribution in [0.5, 0.6) is 0 Å². The highest BCUT2D eigenvalue weighted by Crippen LogP contribution is 2.37. The Morgan fingerprint density at radius 1 is 0.333 bits per heavy atom. The summed E-state index contributed by atoms with van der Waals surface area (Å²) in [5.41, 5.74) is 0. The van der Waals surface area contributed by atoms with Gasteiger partial charge in [-0.15, -0.1) is 0 Å². The Kier molecular flexibility index (Phi) is 25.9. The van der Waals surface area contributed by atoms with Crippen LogP contribution in [0.3, 0.4) is 0 Å². The van der Waals surface area contributed by atoms with E-state index in [4.69, 9.17) is 65.0 Å². The molecule has 48 heteroatoms. The van der Waals surface area contributed by atoms with Gasteiger partial charge >= 0.3 is 52.0 Å². The van der Waals surface area contributed by atoms with Gasteiger partial charge in [0.25, 0.3) is 0 Å². The van der Waals surface area contributed by atoms with Crippen molar-refractivity contribution in [2.75, 3.05) is 52.9 Å². The maximum absolute atomic E-state index is 12.1. The van der Waals surface area contributed by atoms with Gasteiger partial charge in [-0.2, -0.15) is 42.1 Å². The lowest BCUT2D eigenvalue weighted by Gasteiger charge is -2.46. The van der Waals surface area contributed by atoms with E-state index in [-0.39, 0.29) is 0 Å². The minimum absolute atomic E-state index is 0.827. The maximum Gasteiger partial charge on any atom is 0.397 e. The van der Waals surface area contributed by atoms with Crippen molar-refractivity contribution >= 4 is 52.0 Å². The lowest BCUT2D eigenvalue weighted by atomic mass is 9.88. The number of aliphatic hydroxyl groups excluding tert-OH is 12. The van der Waals surface area contributed by atoms with Gasteiger partial charge in [-0.25, -0.2) is 20.9 Å². The van der Waals surface area contributed by atoms with Gasteiger partial charge in [-0.3, -0.25) is 22.8 Å². The van der Waals surface area contributed by atoms with Crippen molar-refractivity contribution in [3.05, 3.63) is 0 Å². The zero-order valence-electron chi connectivity index (χ0n) is 44.7. The Labute approximate surface area is 493 Å². The highest BCUT2D eigenvalue weighted by molar-refractivity contribution is 7.81. The third-order valence-electron chi connectivity index (χ3n) is 14.4. The Morgan fingerprint density at radius 2 is 0.655 bits per heavy atom. The van der Waals surface area contributed by atoms with Gasteiger partial charge < -0.3 is 113 Å². The van der Waals surface area contributed by atoms with E-state index in [0.717, 1.165) is 0 Å². The van der Waals surface area contributed by atoms with Gasteiger partial charge in [0, 0.05) is 17.8 Å². The van der Waals surface area contributed by atoms with Crippen LogP contribution in [0.1, 0.15) is 13.8 Å². The molecule has 0 spiro atoms. The Bertz CT molecular complexity index is 2780. The molecule has 18 unspecified atom stereocenters. The first-order valence-corrected chi connectivity index (χ1v) is 32.2. The summed E-state index contributed by atoms with van der Waals surface area (Å²) in [6.07, 6.45) is -52.9. The molecule has 6 heterocycles. The number of hydrogen-bond donors (Lipinski definition) is 17. The molecular weight excluding hydrogens is 1320 g/mol. The molecule has 0 aliphatic carbocycles. The molecular formula is C39H68O43S5. The van der Waals surface area contributed by atoms with Gasteiger partial charge in [0.2, 0.25) is 0 Å². The second-order valence-corrected chi connectivity index (χ2v) is 25.6. The third-order valence-corrected chi connectivity index (χ3v) is 16.7. The summed E-state index contributed by atoms with van der Waals surface area (Å²) in [4.78, 5) is 0. The fourth-order valence-corrected chi connectivity index (χ4v) is 12.7. The van der Waals surface area contributed by atoms with Crippen LogP contribution in [0.15, 0.2) is 0 Å². The van der Waals surface area contributed by atoms with Gasteiger partial charge in [-0.05, 0) is 13.8 Å². The standard InChI is InChI=1S/C39H68O43S5/c1-11-13(5-68-37-27(49)32(80-85(58,59)60)21(43)12(2)74-37)31(79-84(55,56)57)26(48)36(73-11)70-7-15-22(44)17(3-40)75-35(23(15)45)69-6-14-19(67-8-16(42)30(14)78-83(52,53)54)9-71-39-29(51)34(82-87(64,65)66)25(47)20(77-39)10-72-38-28(50)33(81-86(61,62)63)24(46)18(4-41)76-38/h11-51H,3-10H2,1-2H3,(H,52,53,54)(H,55,56,57)(H,58,59,60)(H,61,62,63)(H,64,65,66)/t11?,12?,13-,14+,15?,16?,17?,18?,19?,20?,21-,22-,23?,24+,25+,26?,27?,28?,29?,30?,31?,32?,33?,34?,35-,36-,37-,38-,39-/m1/s1. The molecule has 0 aromatic rings. The minimum atomic E-state index is -5.59. The molecule has 17 N–H and O–H groups in total. The Morgan fingerprint density at radius 3 is 1.11 bits per heavy atom. The lowest BCUT2D eigenvalue weighted by molar-refractivity contribution is -0.333. The molecule has 512 valence electrons. The molecule has 6 aliphatic heterocycles. The predicted octanol–water partition coefficient (Wildman–Crippen LogP) is -11.5. The molecule has 87 heavy (non-hydrogen) atoms. The largest absolute Gasteiger partial charge is 0.397 e. The second kappa shape index (κ2) is 30.2. The third kappa shape index (κ3) is 20.0. The SMILES string of the molecule is CC1O[C@@H](OC[C@@H]2C(C)O[C@@H](OCC3C(O)[C@H](OC[C@H]4C(CO[C@@H]5OC(CO[C@@H]6OC(CO)[C@H](O)C(OS(=O)(=O)O)C6O)[C@H](O)C(OS(=O)(=O)O)C5O)OCC(O)C4OS(=O)(=O)O)OC(CO)[C@@H]3O)C(O)C2OS(=O)(=O)O)C(O)C(OS(=O)(=O)O)[C@@H]1O. The monoisotopic (exact) mass is 1380 g/mol. The lowest BCUT2D eigenvalue weighted by Crippen LogP contribution is -2.63. The second-order valence-electron chi connectivity index (χ2n) is 20.4. The number of hydrogen-bond acceptors (Lipinski definition) is 38. The summed E-state index contributed by atoms with van der Waals surface area (Å²) in [7, 11) is -27.3. The Hall–Kier alpha value is -1.57. The molecule has 0 aromatic heterocycles. The molecule has 0 saturated carbocycles. The van der Waals surface area contributed by atoms with Crippen molar-refractivity contribution in [3.8, 4) is 0 Å². The van der Waals surface area contributed by atoms with E-state index in [2.05, 4.69) is 12.5 Å². The van der Waals surface area contributed by atoms with E-state index in [1.807, 2.05) is 0 Å². The van der Waals surface area contributed by atoms with Crippen LogP contribution in [0, 0.1) is 17.8 Å². The zero-order valence-corrected chi connectivity index (χ0v) is 48.7. The van der Waals surface area contributed by atoms with Crippen LogP contribution in [0.2, 0.25) is 0 Å². The van der Waals surface area contributed by atoms with Crippen LogP contribution in [0.4, 0.5) is 0 Å². The van der Waals surface area contributed by atoms with Gasteiger partial charge in [0.1, 0.15) is 104 Å². The summed E-state index contributed by atoms with van der Waals surface area (Å²) in [5, 5.41) is 129. The molecule has 6 saturated heterocycles. The first-order chi connectivity index (χ1) is 40.1. The van der Waals surface area contributed by atoms with Crippen LogP contribution < -0.4 is 0 Å². The van der Waals surface area contributed by atoms with Crippen molar-refractivity contribution in [2.45, 2.75) is 173 Å². The summed E-state index contributed by atoms with van der Waals surface area (Å²) >= 11 is 0. The smallest absolute Gasteiger partial charge is 0.394 e. The molecule has 29 atom stereocenters. The molecule has 6 fully saturated rings. The van der Waals surface area contributed by atoms with E-state index in [9.17, 15) is 122 Å². The van der Waals surface area contributed by atoms with Crippen molar-refractivity contribution in [2.24, 2.45) is 17.8 Å². The van der Waals surface area contributed by atoms with E-state index in [0.29, 0.717) is 0 Å². The number of ether oxygens (including phenoxy) is 11. The van der Waals surface area contributed by atoms with E-state index >= 15 is 0 Å². The van der Waals surface area contributed by atoms with Crippen LogP contribution in [0.25, 0.3) is 0 Å². The van der Waals surface area contributed by atoms with Crippen molar-refractivity contribution in [1.29, 1.82) is 0 Å². The van der Waals surface area contributed by atoms with Gasteiger partial charge in [0.05, 0.1) is 77.3 Å². The molecule has 0 aromatic carbocycles. The Balaban J connectivity index is 1.16. The maximum atomic E-state index is 12.1. The first-order valence-electron chi connectivity index (χ1n) is 25.4. The summed E-state index contributed by atoms with van der Waals surface area (Å²) in [5.74, 6) is -4.95. The van der Waals surface area contributed by atoms with Crippen LogP contribution in [-0.2, 0) is 125 Å². The first kappa shape index (κ1) is 74.5. The average Bonchev–Trinajstić information content (AvgIpc) is 1.61. The van der Waals surface area contributed by atoms with E-state index < -0.39 is 282 Å². The summed E-state index contributed by atoms with van der Waals surface area (Å²) in [6, 6.07) is 0. The average molecular weight is 1390 g/mol. The summed E-state index contributed by atoms with van der Waals surface area (Å²) < 4.78 is 249. The molecule has 43 nitrogen and oxygen atoms in total. The van der Waals surface area contributed by atoms with Crippen molar-refractivity contribution in [1.82, 2.24) is 0 Å². The van der Waals surface area contributed by atoms with Crippen LogP contribution in [-0.4, -0.2) is 339 Å². The van der Waals surface area contributed by atoms with Crippen molar-refractivity contribution < 1.29 is 199 Å². The quantitative estimate of drug-likeness (QED) is 0.0340. The topological polar surface area (TPSA) is 662 Å². The zero-order chi connectivity index (χ0) is 65.2. The number of rotatable bonds is 27. The predicted molar refractivity (Wildman–Crippen MR) is 261 cm³/mol. The molecule has 6 aliphatic rings. The fourth-order valence-electron chi connectivity index (χ4n) is 10.1. The molecule has 0 radical (unpaired) electrons. The highest BCUT2D eigenvalue weighted by atomic mass is 32.3. The van der Waals surface area contributed by atoms with Gasteiger partial charge in [-0.1, -0.05) is 0 Å². The van der Waals surface area contributed by atoms with E-state index in [1.54, 1.807) is 0 Å².